The van der Waals surface area contributed by atoms with Crippen molar-refractivity contribution >= 4 is 29.9 Å². The van der Waals surface area contributed by atoms with Crippen molar-refractivity contribution in [3.05, 3.63) is 34.9 Å². The van der Waals surface area contributed by atoms with Gasteiger partial charge in [0.1, 0.15) is 0 Å². The standard InChI is InChI=1S/C15H21ClN2O.ClH/c1-3-18(4-2)14(19)15(9-12(15)10-17)11-5-7-13(16)8-6-11;/h5-8,12H,3-4,9-10,17H2,1-2H3;1H/t12-,15+;/m0./s1. The highest BCUT2D eigenvalue weighted by atomic mass is 35.5. The molecule has 1 aliphatic rings. The van der Waals surface area contributed by atoms with Gasteiger partial charge in [0.05, 0.1) is 5.41 Å². The predicted molar refractivity (Wildman–Crippen MR) is 85.5 cm³/mol. The van der Waals surface area contributed by atoms with Crippen LogP contribution in [0.1, 0.15) is 25.8 Å². The Morgan fingerprint density at radius 3 is 2.30 bits per heavy atom. The quantitative estimate of drug-likeness (QED) is 0.908. The minimum Gasteiger partial charge on any atom is -0.342 e. The van der Waals surface area contributed by atoms with Crippen LogP contribution >= 0.6 is 24.0 Å². The number of amides is 1. The van der Waals surface area contributed by atoms with Crippen LogP contribution in [0, 0.1) is 5.92 Å². The van der Waals surface area contributed by atoms with Crippen molar-refractivity contribution in [3.63, 3.8) is 0 Å². The van der Waals surface area contributed by atoms with Gasteiger partial charge in [0.2, 0.25) is 5.91 Å². The Morgan fingerprint density at radius 2 is 1.90 bits per heavy atom. The van der Waals surface area contributed by atoms with Crippen LogP contribution in [0.5, 0.6) is 0 Å². The number of hydrogen-bond donors (Lipinski definition) is 1. The summed E-state index contributed by atoms with van der Waals surface area (Å²) in [6.45, 7) is 6.05. The van der Waals surface area contributed by atoms with Crippen LogP contribution in [-0.4, -0.2) is 30.4 Å². The topological polar surface area (TPSA) is 46.3 Å². The molecule has 0 saturated heterocycles. The second-order valence-electron chi connectivity index (χ2n) is 5.09. The van der Waals surface area contributed by atoms with E-state index in [1.165, 1.54) is 0 Å². The molecule has 112 valence electrons. The molecule has 0 unspecified atom stereocenters. The first-order chi connectivity index (χ1) is 9.09. The average Bonchev–Trinajstić information content (AvgIpc) is 3.16. The molecule has 0 radical (unpaired) electrons. The highest BCUT2D eigenvalue weighted by Crippen LogP contribution is 2.55. The monoisotopic (exact) mass is 316 g/mol. The zero-order chi connectivity index (χ0) is 14.0. The molecule has 1 fully saturated rings. The van der Waals surface area contributed by atoms with Gasteiger partial charge in [-0.2, -0.15) is 0 Å². The number of likely N-dealkylation sites (N-methyl/N-ethyl adjacent to an activating group) is 1. The molecule has 0 spiro atoms. The summed E-state index contributed by atoms with van der Waals surface area (Å²) in [5.74, 6) is 0.456. The number of carbonyl (C=O) groups is 1. The minimum absolute atomic E-state index is 0. The molecule has 0 aliphatic heterocycles. The summed E-state index contributed by atoms with van der Waals surface area (Å²) in [5.41, 5.74) is 6.43. The fourth-order valence-electron chi connectivity index (χ4n) is 2.89. The Labute approximate surface area is 131 Å². The number of benzene rings is 1. The van der Waals surface area contributed by atoms with Crippen molar-refractivity contribution in [1.82, 2.24) is 4.90 Å². The summed E-state index contributed by atoms with van der Waals surface area (Å²) < 4.78 is 0. The van der Waals surface area contributed by atoms with Gasteiger partial charge in [-0.1, -0.05) is 23.7 Å². The van der Waals surface area contributed by atoms with Crippen LogP contribution in [0.15, 0.2) is 24.3 Å². The minimum atomic E-state index is -0.411. The lowest BCUT2D eigenvalue weighted by atomic mass is 9.91. The van der Waals surface area contributed by atoms with Crippen molar-refractivity contribution in [2.45, 2.75) is 25.7 Å². The molecular formula is C15H22Cl2N2O. The number of carbonyl (C=O) groups excluding carboxylic acids is 1. The maximum atomic E-state index is 12.8. The largest absolute Gasteiger partial charge is 0.342 e. The lowest BCUT2D eigenvalue weighted by molar-refractivity contribution is -0.134. The van der Waals surface area contributed by atoms with E-state index >= 15 is 0 Å². The van der Waals surface area contributed by atoms with Gasteiger partial charge in [0, 0.05) is 18.1 Å². The van der Waals surface area contributed by atoms with Gasteiger partial charge in [-0.25, -0.2) is 0 Å². The third-order valence-corrected chi connectivity index (χ3v) is 4.43. The second-order valence-corrected chi connectivity index (χ2v) is 5.53. The van der Waals surface area contributed by atoms with Crippen molar-refractivity contribution in [3.8, 4) is 0 Å². The van der Waals surface area contributed by atoms with Gasteiger partial charge in [-0.15, -0.1) is 12.4 Å². The first kappa shape index (κ1) is 17.3. The molecule has 1 saturated carbocycles. The molecular weight excluding hydrogens is 295 g/mol. The Morgan fingerprint density at radius 1 is 1.35 bits per heavy atom. The van der Waals surface area contributed by atoms with Crippen LogP contribution < -0.4 is 5.73 Å². The summed E-state index contributed by atoms with van der Waals surface area (Å²) in [4.78, 5) is 14.7. The number of halogens is 2. The number of hydrogen-bond acceptors (Lipinski definition) is 2. The van der Waals surface area contributed by atoms with Crippen molar-refractivity contribution < 1.29 is 4.79 Å². The molecule has 0 bridgehead atoms. The van der Waals surface area contributed by atoms with Crippen molar-refractivity contribution in [1.29, 1.82) is 0 Å². The van der Waals surface area contributed by atoms with Crippen LogP contribution in [0.25, 0.3) is 0 Å². The summed E-state index contributed by atoms with van der Waals surface area (Å²) in [5, 5.41) is 0.694. The third-order valence-electron chi connectivity index (χ3n) is 4.18. The van der Waals surface area contributed by atoms with Crippen LogP contribution in [-0.2, 0) is 10.2 Å². The Bertz CT molecular complexity index is 459. The SMILES string of the molecule is CCN(CC)C(=O)[C@@]1(c2ccc(Cl)cc2)C[C@H]1CN.Cl. The molecule has 1 amide bonds. The lowest BCUT2D eigenvalue weighted by Gasteiger charge is -2.26. The van der Waals surface area contributed by atoms with E-state index in [1.807, 2.05) is 43.0 Å². The molecule has 3 nitrogen and oxygen atoms in total. The van der Waals surface area contributed by atoms with E-state index in [4.69, 9.17) is 17.3 Å². The zero-order valence-electron chi connectivity index (χ0n) is 11.9. The van der Waals surface area contributed by atoms with Crippen LogP contribution in [0.3, 0.4) is 0 Å². The molecule has 5 heteroatoms. The van der Waals surface area contributed by atoms with E-state index < -0.39 is 5.41 Å². The number of nitrogens with zero attached hydrogens (tertiary/aromatic N) is 1. The van der Waals surface area contributed by atoms with Gasteiger partial charge in [-0.3, -0.25) is 4.79 Å². The van der Waals surface area contributed by atoms with Gasteiger partial charge in [-0.05, 0) is 50.4 Å². The summed E-state index contributed by atoms with van der Waals surface area (Å²) in [7, 11) is 0. The molecule has 20 heavy (non-hydrogen) atoms. The second kappa shape index (κ2) is 6.79. The molecule has 1 aromatic carbocycles. The van der Waals surface area contributed by atoms with Crippen LogP contribution in [0.2, 0.25) is 5.02 Å². The van der Waals surface area contributed by atoms with Gasteiger partial charge in [0.15, 0.2) is 0 Å². The van der Waals surface area contributed by atoms with E-state index in [2.05, 4.69) is 0 Å². The average molecular weight is 317 g/mol. The van der Waals surface area contributed by atoms with E-state index in [0.29, 0.717) is 11.6 Å². The lowest BCUT2D eigenvalue weighted by Crippen LogP contribution is -2.40. The van der Waals surface area contributed by atoms with Crippen molar-refractivity contribution in [2.24, 2.45) is 11.7 Å². The van der Waals surface area contributed by atoms with Crippen LogP contribution in [0.4, 0.5) is 0 Å². The fourth-order valence-corrected chi connectivity index (χ4v) is 3.02. The summed E-state index contributed by atoms with van der Waals surface area (Å²) >= 11 is 5.93. The molecule has 0 heterocycles. The maximum absolute atomic E-state index is 12.8. The predicted octanol–water partition coefficient (Wildman–Crippen LogP) is 2.85. The number of nitrogens with two attached hydrogens (primary N) is 1. The summed E-state index contributed by atoms with van der Waals surface area (Å²) in [6.07, 6.45) is 0.848. The van der Waals surface area contributed by atoms with E-state index in [1.54, 1.807) is 0 Å². The highest BCUT2D eigenvalue weighted by molar-refractivity contribution is 6.30. The van der Waals surface area contributed by atoms with Crippen molar-refractivity contribution in [2.75, 3.05) is 19.6 Å². The first-order valence-electron chi connectivity index (χ1n) is 6.85. The Balaban J connectivity index is 0.00000200. The third kappa shape index (κ3) is 2.80. The molecule has 1 aromatic rings. The molecule has 1 aliphatic carbocycles. The smallest absolute Gasteiger partial charge is 0.233 e. The molecule has 2 rings (SSSR count). The fraction of sp³-hybridized carbons (Fsp3) is 0.533. The van der Waals surface area contributed by atoms with E-state index in [-0.39, 0.29) is 24.2 Å². The normalized spacial score (nSPS) is 23.9. The van der Waals surface area contributed by atoms with Gasteiger partial charge < -0.3 is 10.6 Å². The Kier molecular flexibility index (Phi) is 5.87. The van der Waals surface area contributed by atoms with Gasteiger partial charge in [0.25, 0.3) is 0 Å². The van der Waals surface area contributed by atoms with E-state index in [0.717, 1.165) is 25.1 Å². The summed E-state index contributed by atoms with van der Waals surface area (Å²) in [6, 6.07) is 7.61. The zero-order valence-corrected chi connectivity index (χ0v) is 13.5. The van der Waals surface area contributed by atoms with Gasteiger partial charge >= 0.3 is 0 Å². The Hall–Kier alpha value is -0.770. The van der Waals surface area contributed by atoms with E-state index in [9.17, 15) is 4.79 Å². The number of rotatable bonds is 5. The molecule has 2 atom stereocenters. The first-order valence-corrected chi connectivity index (χ1v) is 7.23. The molecule has 0 aromatic heterocycles. The molecule has 2 N–H and O–H groups in total. The highest BCUT2D eigenvalue weighted by Gasteiger charge is 2.61. The maximum Gasteiger partial charge on any atom is 0.233 e.